The Labute approximate surface area is 162 Å². The van der Waals surface area contributed by atoms with Gasteiger partial charge in [0.2, 0.25) is 5.75 Å². The standard InChI is InChI=1S/C19H30N2O4.ClH/c1-21(2)19(9-7-6-8-10-19)13-20-18(22)14-11-15(23-3)17(25-5)16(12-14)24-4;/h11-12H,6-10,13H2,1-5H3,(H,20,22);1H. The van der Waals surface area contributed by atoms with Crippen LogP contribution >= 0.6 is 12.4 Å². The van der Waals surface area contributed by atoms with Crippen molar-refractivity contribution < 1.29 is 19.0 Å². The molecule has 7 heteroatoms. The third kappa shape index (κ3) is 4.74. The first-order valence-corrected chi connectivity index (χ1v) is 8.73. The Kier molecular flexibility index (Phi) is 8.50. The average Bonchev–Trinajstić information content (AvgIpc) is 2.65. The van der Waals surface area contributed by atoms with Gasteiger partial charge < -0.3 is 24.4 Å². The van der Waals surface area contributed by atoms with E-state index in [1.54, 1.807) is 33.5 Å². The summed E-state index contributed by atoms with van der Waals surface area (Å²) in [6.07, 6.45) is 5.90. The summed E-state index contributed by atoms with van der Waals surface area (Å²) in [5.41, 5.74) is 0.536. The second-order valence-corrected chi connectivity index (χ2v) is 6.78. The molecule has 0 saturated heterocycles. The number of halogens is 1. The van der Waals surface area contributed by atoms with Gasteiger partial charge in [-0.2, -0.15) is 0 Å². The van der Waals surface area contributed by atoms with E-state index in [0.29, 0.717) is 29.4 Å². The highest BCUT2D eigenvalue weighted by Gasteiger charge is 2.34. The van der Waals surface area contributed by atoms with E-state index < -0.39 is 0 Å². The number of carbonyl (C=O) groups excluding carboxylic acids is 1. The quantitative estimate of drug-likeness (QED) is 0.780. The molecule has 0 bridgehead atoms. The number of nitrogens with zero attached hydrogens (tertiary/aromatic N) is 1. The lowest BCUT2D eigenvalue weighted by molar-refractivity contribution is 0.0799. The Morgan fingerprint density at radius 2 is 1.58 bits per heavy atom. The lowest BCUT2D eigenvalue weighted by Crippen LogP contribution is -2.53. The Hall–Kier alpha value is -1.66. The lowest BCUT2D eigenvalue weighted by Gasteiger charge is -2.43. The van der Waals surface area contributed by atoms with E-state index in [1.165, 1.54) is 19.3 Å². The van der Waals surface area contributed by atoms with Crippen molar-refractivity contribution in [3.63, 3.8) is 0 Å². The highest BCUT2D eigenvalue weighted by atomic mass is 35.5. The Morgan fingerprint density at radius 1 is 1.04 bits per heavy atom. The molecule has 0 radical (unpaired) electrons. The molecule has 1 saturated carbocycles. The van der Waals surface area contributed by atoms with Crippen LogP contribution in [-0.2, 0) is 0 Å². The van der Waals surface area contributed by atoms with E-state index >= 15 is 0 Å². The minimum atomic E-state index is -0.133. The smallest absolute Gasteiger partial charge is 0.251 e. The van der Waals surface area contributed by atoms with Crippen LogP contribution in [0.1, 0.15) is 42.5 Å². The van der Waals surface area contributed by atoms with Crippen LogP contribution in [0.3, 0.4) is 0 Å². The first-order chi connectivity index (χ1) is 12.0. The molecule has 2 rings (SSSR count). The maximum absolute atomic E-state index is 12.7. The number of carbonyl (C=O) groups is 1. The fraction of sp³-hybridized carbons (Fsp3) is 0.632. The molecule has 1 aliphatic rings. The van der Waals surface area contributed by atoms with Crippen molar-refractivity contribution in [2.45, 2.75) is 37.6 Å². The van der Waals surface area contributed by atoms with Crippen LogP contribution in [0.25, 0.3) is 0 Å². The number of ether oxygens (including phenoxy) is 3. The van der Waals surface area contributed by atoms with Gasteiger partial charge in [-0.15, -0.1) is 12.4 Å². The van der Waals surface area contributed by atoms with Crippen molar-refractivity contribution in [2.24, 2.45) is 0 Å². The van der Waals surface area contributed by atoms with E-state index in [4.69, 9.17) is 14.2 Å². The maximum Gasteiger partial charge on any atom is 0.251 e. The van der Waals surface area contributed by atoms with Crippen molar-refractivity contribution in [3.8, 4) is 17.2 Å². The minimum Gasteiger partial charge on any atom is -0.493 e. The summed E-state index contributed by atoms with van der Waals surface area (Å²) in [6, 6.07) is 3.36. The molecule has 6 nitrogen and oxygen atoms in total. The number of amides is 1. The van der Waals surface area contributed by atoms with Gasteiger partial charge >= 0.3 is 0 Å². The van der Waals surface area contributed by atoms with Crippen LogP contribution in [0.5, 0.6) is 17.2 Å². The molecule has 1 amide bonds. The van der Waals surface area contributed by atoms with E-state index in [9.17, 15) is 4.79 Å². The number of benzene rings is 1. The van der Waals surface area contributed by atoms with Crippen LogP contribution in [-0.4, -0.2) is 58.3 Å². The maximum atomic E-state index is 12.7. The van der Waals surface area contributed by atoms with Gasteiger partial charge in [-0.1, -0.05) is 19.3 Å². The van der Waals surface area contributed by atoms with Gasteiger partial charge in [0, 0.05) is 17.6 Å². The minimum absolute atomic E-state index is 0. The zero-order valence-electron chi connectivity index (χ0n) is 16.4. The number of rotatable bonds is 7. The Bertz CT molecular complexity index is 576. The molecule has 1 N–H and O–H groups in total. The highest BCUT2D eigenvalue weighted by molar-refractivity contribution is 5.95. The van der Waals surface area contributed by atoms with Crippen LogP contribution in [0.4, 0.5) is 0 Å². The molecule has 1 aliphatic carbocycles. The normalized spacial score (nSPS) is 15.8. The molecular weight excluding hydrogens is 356 g/mol. The summed E-state index contributed by atoms with van der Waals surface area (Å²) in [5.74, 6) is 1.31. The van der Waals surface area contributed by atoms with E-state index in [1.807, 2.05) is 0 Å². The van der Waals surface area contributed by atoms with Crippen LogP contribution in [0.2, 0.25) is 0 Å². The highest BCUT2D eigenvalue weighted by Crippen LogP contribution is 2.38. The largest absolute Gasteiger partial charge is 0.493 e. The molecule has 0 heterocycles. The van der Waals surface area contributed by atoms with Gasteiger partial charge in [0.25, 0.3) is 5.91 Å². The molecule has 0 atom stereocenters. The second kappa shape index (κ2) is 9.88. The summed E-state index contributed by atoms with van der Waals surface area (Å²) in [4.78, 5) is 15.0. The second-order valence-electron chi connectivity index (χ2n) is 6.78. The Balaban J connectivity index is 0.00000338. The predicted molar refractivity (Wildman–Crippen MR) is 105 cm³/mol. The van der Waals surface area contributed by atoms with Crippen molar-refractivity contribution in [2.75, 3.05) is 42.0 Å². The third-order valence-corrected chi connectivity index (χ3v) is 5.24. The molecule has 1 aromatic rings. The van der Waals surface area contributed by atoms with Crippen LogP contribution in [0, 0.1) is 0 Å². The fourth-order valence-corrected chi connectivity index (χ4v) is 3.55. The molecule has 0 aromatic heterocycles. The zero-order valence-corrected chi connectivity index (χ0v) is 17.2. The number of hydrogen-bond acceptors (Lipinski definition) is 5. The summed E-state index contributed by atoms with van der Waals surface area (Å²) in [7, 11) is 8.82. The van der Waals surface area contributed by atoms with Crippen molar-refractivity contribution in [3.05, 3.63) is 17.7 Å². The molecule has 1 aromatic carbocycles. The molecule has 1 fully saturated rings. The van der Waals surface area contributed by atoms with Crippen molar-refractivity contribution in [1.82, 2.24) is 10.2 Å². The molecule has 26 heavy (non-hydrogen) atoms. The summed E-state index contributed by atoms with van der Waals surface area (Å²) in [6.45, 7) is 0.634. The van der Waals surface area contributed by atoms with Gasteiger partial charge in [-0.25, -0.2) is 0 Å². The first-order valence-electron chi connectivity index (χ1n) is 8.73. The third-order valence-electron chi connectivity index (χ3n) is 5.24. The first kappa shape index (κ1) is 22.4. The van der Waals surface area contributed by atoms with Gasteiger partial charge in [0.1, 0.15) is 0 Å². The monoisotopic (exact) mass is 386 g/mol. The van der Waals surface area contributed by atoms with Crippen LogP contribution in [0.15, 0.2) is 12.1 Å². The number of nitrogens with one attached hydrogen (secondary N) is 1. The molecule has 0 aliphatic heterocycles. The Morgan fingerprint density at radius 3 is 2.00 bits per heavy atom. The molecule has 0 unspecified atom stereocenters. The number of methoxy groups -OCH3 is 3. The van der Waals surface area contributed by atoms with Gasteiger partial charge in [-0.05, 0) is 39.1 Å². The number of hydrogen-bond donors (Lipinski definition) is 1. The zero-order chi connectivity index (χ0) is 18.4. The van der Waals surface area contributed by atoms with Crippen LogP contribution < -0.4 is 19.5 Å². The van der Waals surface area contributed by atoms with Gasteiger partial charge in [0.05, 0.1) is 21.3 Å². The summed E-state index contributed by atoms with van der Waals surface area (Å²) >= 11 is 0. The average molecular weight is 387 g/mol. The SMILES string of the molecule is COc1cc(C(=O)NCC2(N(C)C)CCCCC2)cc(OC)c1OC.Cl. The predicted octanol–water partition coefficient (Wildman–Crippen LogP) is 3.13. The fourth-order valence-electron chi connectivity index (χ4n) is 3.55. The summed E-state index contributed by atoms with van der Waals surface area (Å²) < 4.78 is 16.0. The van der Waals surface area contributed by atoms with E-state index in [0.717, 1.165) is 12.8 Å². The molecule has 0 spiro atoms. The van der Waals surface area contributed by atoms with Crippen molar-refractivity contribution >= 4 is 18.3 Å². The lowest BCUT2D eigenvalue weighted by atomic mass is 9.80. The topological polar surface area (TPSA) is 60.0 Å². The van der Waals surface area contributed by atoms with Gasteiger partial charge in [0.15, 0.2) is 11.5 Å². The van der Waals surface area contributed by atoms with Gasteiger partial charge in [-0.3, -0.25) is 4.79 Å². The summed E-state index contributed by atoms with van der Waals surface area (Å²) in [5, 5.41) is 3.10. The number of likely N-dealkylation sites (N-methyl/N-ethyl adjacent to an activating group) is 1. The molecular formula is C19H31ClN2O4. The van der Waals surface area contributed by atoms with E-state index in [-0.39, 0.29) is 23.9 Å². The van der Waals surface area contributed by atoms with E-state index in [2.05, 4.69) is 24.3 Å². The molecule has 148 valence electrons. The van der Waals surface area contributed by atoms with Crippen molar-refractivity contribution in [1.29, 1.82) is 0 Å².